The summed E-state index contributed by atoms with van der Waals surface area (Å²) in [5, 5.41) is 2.94. The van der Waals surface area contributed by atoms with Gasteiger partial charge in [0, 0.05) is 25.4 Å². The number of hydrogen-bond donors (Lipinski definition) is 1. The predicted molar refractivity (Wildman–Crippen MR) is 151 cm³/mol. The van der Waals surface area contributed by atoms with Gasteiger partial charge in [0.15, 0.2) is 0 Å². The molecule has 0 atom stereocenters. The molecular weight excluding hydrogens is 490 g/mol. The largest absolute Gasteiger partial charge is 0.497 e. The van der Waals surface area contributed by atoms with Gasteiger partial charge in [-0.05, 0) is 91.0 Å². The van der Waals surface area contributed by atoms with Crippen molar-refractivity contribution in [2.45, 2.75) is 51.5 Å². The van der Waals surface area contributed by atoms with Crippen molar-refractivity contribution in [1.82, 2.24) is 14.7 Å². The maximum Gasteiger partial charge on any atom is 0.306 e. The van der Waals surface area contributed by atoms with E-state index in [4.69, 9.17) is 9.47 Å². The highest BCUT2D eigenvalue weighted by Gasteiger charge is 2.24. The molecule has 2 heterocycles. The van der Waals surface area contributed by atoms with Crippen LogP contribution in [0.5, 0.6) is 5.75 Å². The highest BCUT2D eigenvalue weighted by atomic mass is 16.5. The van der Waals surface area contributed by atoms with Crippen LogP contribution < -0.4 is 10.1 Å². The number of methoxy groups -OCH3 is 1. The van der Waals surface area contributed by atoms with E-state index in [1.807, 2.05) is 53.9 Å². The lowest BCUT2D eigenvalue weighted by molar-refractivity contribution is -0.144. The fourth-order valence-electron chi connectivity index (χ4n) is 5.39. The minimum Gasteiger partial charge on any atom is -0.497 e. The molecule has 202 valence electrons. The van der Waals surface area contributed by atoms with E-state index in [9.17, 15) is 9.59 Å². The molecule has 0 radical (unpaired) electrons. The molecule has 0 spiro atoms. The van der Waals surface area contributed by atoms with Crippen molar-refractivity contribution in [3.63, 3.8) is 0 Å². The summed E-state index contributed by atoms with van der Waals surface area (Å²) in [4.78, 5) is 29.0. The number of imidazole rings is 1. The second kappa shape index (κ2) is 12.2. The van der Waals surface area contributed by atoms with E-state index >= 15 is 0 Å². The van der Waals surface area contributed by atoms with Gasteiger partial charge in [0.2, 0.25) is 0 Å². The molecule has 7 heteroatoms. The standard InChI is InChI=1S/C32H35N3O4/c1-3-39-31(36)18-22-4-8-24(9-5-22)25-10-12-26(13-11-25)27-14-17-30-34-29(21-35(30)20-27)32(37)33-19-23-6-15-28(38-2)16-7-23/h6-7,10-17,20-22,24H,3-5,8-9,18-19H2,1-2H3,(H,33,37)/t22-,24-. The van der Waals surface area contributed by atoms with Crippen molar-refractivity contribution < 1.29 is 19.1 Å². The van der Waals surface area contributed by atoms with Crippen LogP contribution >= 0.6 is 0 Å². The molecule has 2 aromatic heterocycles. The number of rotatable bonds is 9. The fraction of sp³-hybridized carbons (Fsp3) is 0.344. The van der Waals surface area contributed by atoms with Crippen LogP contribution in [0.2, 0.25) is 0 Å². The molecule has 1 N–H and O–H groups in total. The summed E-state index contributed by atoms with van der Waals surface area (Å²) < 4.78 is 12.2. The Bertz CT molecular complexity index is 1420. The number of nitrogens with one attached hydrogen (secondary N) is 1. The van der Waals surface area contributed by atoms with Crippen LogP contribution in [0.3, 0.4) is 0 Å². The Labute approximate surface area is 229 Å². The Morgan fingerprint density at radius 2 is 1.64 bits per heavy atom. The maximum atomic E-state index is 12.7. The number of pyridine rings is 1. The minimum absolute atomic E-state index is 0.0681. The number of amides is 1. The van der Waals surface area contributed by atoms with E-state index in [2.05, 4.69) is 34.6 Å². The van der Waals surface area contributed by atoms with Gasteiger partial charge in [0.05, 0.1) is 13.7 Å². The lowest BCUT2D eigenvalue weighted by Crippen LogP contribution is -2.23. The number of benzene rings is 2. The number of aromatic nitrogens is 2. The lowest BCUT2D eigenvalue weighted by Gasteiger charge is -2.28. The molecule has 2 aromatic carbocycles. The second-order valence-electron chi connectivity index (χ2n) is 10.2. The highest BCUT2D eigenvalue weighted by Crippen LogP contribution is 2.37. The molecule has 0 saturated heterocycles. The second-order valence-corrected chi connectivity index (χ2v) is 10.2. The number of carbonyl (C=O) groups excluding carboxylic acids is 2. The van der Waals surface area contributed by atoms with Gasteiger partial charge in [-0.2, -0.15) is 0 Å². The summed E-state index contributed by atoms with van der Waals surface area (Å²) in [6, 6.07) is 20.4. The number of ether oxygens (including phenoxy) is 2. The molecule has 39 heavy (non-hydrogen) atoms. The van der Waals surface area contributed by atoms with Gasteiger partial charge in [-0.1, -0.05) is 36.4 Å². The first-order chi connectivity index (χ1) is 19.0. The van der Waals surface area contributed by atoms with E-state index in [1.165, 1.54) is 5.56 Å². The first kappa shape index (κ1) is 26.5. The molecule has 1 fully saturated rings. The fourth-order valence-corrected chi connectivity index (χ4v) is 5.39. The third kappa shape index (κ3) is 6.48. The van der Waals surface area contributed by atoms with Gasteiger partial charge in [0.25, 0.3) is 5.91 Å². The molecule has 0 unspecified atom stereocenters. The number of carbonyl (C=O) groups is 2. The molecule has 0 bridgehead atoms. The molecule has 1 aliphatic rings. The van der Waals surface area contributed by atoms with Crippen molar-refractivity contribution >= 4 is 17.5 Å². The van der Waals surface area contributed by atoms with Crippen LogP contribution in [0.4, 0.5) is 0 Å². The van der Waals surface area contributed by atoms with Crippen molar-refractivity contribution in [1.29, 1.82) is 0 Å². The first-order valence-corrected chi connectivity index (χ1v) is 13.7. The summed E-state index contributed by atoms with van der Waals surface area (Å²) in [6.07, 6.45) is 8.67. The molecule has 1 aliphatic carbocycles. The van der Waals surface area contributed by atoms with Crippen molar-refractivity contribution in [2.24, 2.45) is 5.92 Å². The quantitative estimate of drug-likeness (QED) is 0.265. The topological polar surface area (TPSA) is 81.9 Å². The Morgan fingerprint density at radius 3 is 2.33 bits per heavy atom. The van der Waals surface area contributed by atoms with E-state index < -0.39 is 0 Å². The average Bonchev–Trinajstić information content (AvgIpc) is 3.41. The summed E-state index contributed by atoms with van der Waals surface area (Å²) in [5.74, 6) is 1.48. The lowest BCUT2D eigenvalue weighted by atomic mass is 9.77. The Balaban J connectivity index is 1.19. The van der Waals surface area contributed by atoms with E-state index in [-0.39, 0.29) is 11.9 Å². The maximum absolute atomic E-state index is 12.7. The molecule has 1 amide bonds. The third-order valence-electron chi connectivity index (χ3n) is 7.62. The SMILES string of the molecule is CCOC(=O)C[C@H]1CC[C@H](c2ccc(-c3ccc4nc(C(=O)NCc5ccc(OC)cc5)cn4c3)cc2)CC1. The molecule has 1 saturated carbocycles. The van der Waals surface area contributed by atoms with Crippen molar-refractivity contribution in [2.75, 3.05) is 13.7 Å². The van der Waals surface area contributed by atoms with E-state index in [0.29, 0.717) is 37.1 Å². The van der Waals surface area contributed by atoms with Gasteiger partial charge >= 0.3 is 5.97 Å². The van der Waals surface area contributed by atoms with Crippen LogP contribution in [0.25, 0.3) is 16.8 Å². The molecular formula is C32H35N3O4. The predicted octanol–water partition coefficient (Wildman–Crippen LogP) is 6.17. The van der Waals surface area contributed by atoms with Gasteiger partial charge in [-0.3, -0.25) is 9.59 Å². The normalized spacial score (nSPS) is 17.1. The van der Waals surface area contributed by atoms with Gasteiger partial charge in [0.1, 0.15) is 17.1 Å². The van der Waals surface area contributed by atoms with Crippen LogP contribution in [-0.4, -0.2) is 35.0 Å². The number of hydrogen-bond acceptors (Lipinski definition) is 5. The summed E-state index contributed by atoms with van der Waals surface area (Å²) in [7, 11) is 1.63. The molecule has 5 rings (SSSR count). The zero-order valence-corrected chi connectivity index (χ0v) is 22.6. The van der Waals surface area contributed by atoms with Crippen molar-refractivity contribution in [3.05, 3.63) is 89.9 Å². The Kier molecular flexibility index (Phi) is 8.25. The number of fused-ring (bicyclic) bond motifs is 1. The van der Waals surface area contributed by atoms with Gasteiger partial charge in [-0.25, -0.2) is 4.98 Å². The van der Waals surface area contributed by atoms with Crippen LogP contribution in [0.15, 0.2) is 73.1 Å². The van der Waals surface area contributed by atoms with Crippen LogP contribution in [0, 0.1) is 5.92 Å². The summed E-state index contributed by atoms with van der Waals surface area (Å²) in [5.41, 5.74) is 5.64. The number of nitrogens with zero attached hydrogens (tertiary/aromatic N) is 2. The Morgan fingerprint density at radius 1 is 0.923 bits per heavy atom. The van der Waals surface area contributed by atoms with Crippen LogP contribution in [0.1, 0.15) is 66.6 Å². The van der Waals surface area contributed by atoms with Gasteiger partial charge in [-0.15, -0.1) is 0 Å². The Hall–Kier alpha value is -4.13. The van der Waals surface area contributed by atoms with Crippen LogP contribution in [-0.2, 0) is 16.1 Å². The monoisotopic (exact) mass is 525 g/mol. The summed E-state index contributed by atoms with van der Waals surface area (Å²) in [6.45, 7) is 2.73. The van der Waals surface area contributed by atoms with E-state index in [0.717, 1.165) is 53.8 Å². The zero-order chi connectivity index (χ0) is 27.2. The van der Waals surface area contributed by atoms with E-state index in [1.54, 1.807) is 13.3 Å². The van der Waals surface area contributed by atoms with Crippen molar-refractivity contribution in [3.8, 4) is 16.9 Å². The minimum atomic E-state index is -0.211. The third-order valence-corrected chi connectivity index (χ3v) is 7.62. The highest BCUT2D eigenvalue weighted by molar-refractivity contribution is 5.92. The smallest absolute Gasteiger partial charge is 0.306 e. The first-order valence-electron chi connectivity index (χ1n) is 13.7. The molecule has 7 nitrogen and oxygen atoms in total. The summed E-state index contributed by atoms with van der Waals surface area (Å²) >= 11 is 0. The average molecular weight is 526 g/mol. The van der Waals surface area contributed by atoms with Gasteiger partial charge < -0.3 is 19.2 Å². The zero-order valence-electron chi connectivity index (χ0n) is 22.6. The number of esters is 1. The molecule has 0 aliphatic heterocycles. The molecule has 4 aromatic rings.